The van der Waals surface area contributed by atoms with Crippen LogP contribution in [-0.2, 0) is 5.41 Å². The Bertz CT molecular complexity index is 1070. The van der Waals surface area contributed by atoms with Crippen molar-refractivity contribution in [2.75, 3.05) is 25.3 Å². The number of anilines is 1. The topological polar surface area (TPSA) is 56.0 Å². The Labute approximate surface area is 170 Å². The Kier molecular flexibility index (Phi) is 5.32. The Morgan fingerprint density at radius 2 is 1.86 bits per heavy atom. The van der Waals surface area contributed by atoms with Gasteiger partial charge in [-0.25, -0.2) is 19.3 Å². The van der Waals surface area contributed by atoms with Crippen molar-refractivity contribution in [3.8, 4) is 5.69 Å². The summed E-state index contributed by atoms with van der Waals surface area (Å²) in [6.07, 6.45) is 3.58. The lowest BCUT2D eigenvalue weighted by atomic mass is 9.85. The second kappa shape index (κ2) is 7.28. The zero-order valence-corrected chi connectivity index (χ0v) is 18.8. The molecule has 0 N–H and O–H groups in total. The molecule has 0 aliphatic carbocycles. The summed E-state index contributed by atoms with van der Waals surface area (Å²) in [5.41, 5.74) is 3.87. The molecule has 0 atom stereocenters. The van der Waals surface area contributed by atoms with E-state index in [1.165, 1.54) is 23.0 Å². The summed E-state index contributed by atoms with van der Waals surface area (Å²) in [5.74, 6) is 0. The molecule has 0 fully saturated rings. The Hall–Kier alpha value is -2.28. The average Bonchev–Trinajstić information content (AvgIpc) is 2.92. The molecule has 6 nitrogen and oxygen atoms in total. The lowest BCUT2D eigenvalue weighted by molar-refractivity contribution is 0.475. The number of thioether (sulfide) groups is 1. The fourth-order valence-corrected chi connectivity index (χ4v) is 3.78. The van der Waals surface area contributed by atoms with Gasteiger partial charge in [0.1, 0.15) is 5.39 Å². The zero-order valence-electron chi connectivity index (χ0n) is 17.9. The van der Waals surface area contributed by atoms with Gasteiger partial charge in [-0.3, -0.25) is 4.79 Å². The van der Waals surface area contributed by atoms with Gasteiger partial charge in [0.15, 0.2) is 10.8 Å². The minimum atomic E-state index is -0.0633. The molecule has 0 aliphatic rings. The monoisotopic (exact) mass is 399 g/mol. The van der Waals surface area contributed by atoms with Gasteiger partial charge in [0, 0.05) is 32.0 Å². The summed E-state index contributed by atoms with van der Waals surface area (Å²) >= 11 is 1.47. The van der Waals surface area contributed by atoms with Crippen molar-refractivity contribution in [3.05, 3.63) is 40.3 Å². The fourth-order valence-electron chi connectivity index (χ4n) is 3.44. The van der Waals surface area contributed by atoms with Gasteiger partial charge in [-0.1, -0.05) is 32.5 Å². The summed E-state index contributed by atoms with van der Waals surface area (Å²) in [7, 11) is 4.11. The van der Waals surface area contributed by atoms with Crippen molar-refractivity contribution < 1.29 is 0 Å². The summed E-state index contributed by atoms with van der Waals surface area (Å²) in [5, 5.41) is 1.20. The molecular weight excluding hydrogens is 370 g/mol. The molecule has 0 unspecified atom stereocenters. The summed E-state index contributed by atoms with van der Waals surface area (Å²) in [6, 6.07) is 6.34. The molecule has 0 saturated carbocycles. The van der Waals surface area contributed by atoms with Crippen LogP contribution in [0.5, 0.6) is 0 Å². The van der Waals surface area contributed by atoms with Crippen LogP contribution in [0.3, 0.4) is 0 Å². The normalized spacial score (nSPS) is 12.2. The molecule has 3 aromatic rings. The van der Waals surface area contributed by atoms with Crippen LogP contribution in [0.1, 0.15) is 46.2 Å². The summed E-state index contributed by atoms with van der Waals surface area (Å²) in [4.78, 5) is 24.2. The molecule has 2 aromatic heterocycles. The number of hydrogen-bond donors (Lipinski definition) is 0. The van der Waals surface area contributed by atoms with Crippen molar-refractivity contribution in [2.24, 2.45) is 0 Å². The molecule has 0 saturated heterocycles. The molecule has 0 spiro atoms. The number of hydrogen-bond acceptors (Lipinski definition) is 5. The van der Waals surface area contributed by atoms with E-state index in [0.717, 1.165) is 5.69 Å². The van der Waals surface area contributed by atoms with Crippen molar-refractivity contribution in [3.63, 3.8) is 0 Å². The Morgan fingerprint density at radius 1 is 1.18 bits per heavy atom. The maximum Gasteiger partial charge on any atom is 0.278 e. The highest BCUT2D eigenvalue weighted by Crippen LogP contribution is 2.33. The Morgan fingerprint density at radius 3 is 2.39 bits per heavy atom. The van der Waals surface area contributed by atoms with Gasteiger partial charge in [-0.15, -0.1) is 0 Å². The van der Waals surface area contributed by atoms with Crippen molar-refractivity contribution in [2.45, 2.75) is 51.2 Å². The molecule has 28 heavy (non-hydrogen) atoms. The van der Waals surface area contributed by atoms with Gasteiger partial charge < -0.3 is 4.90 Å². The highest BCUT2D eigenvalue weighted by atomic mass is 32.2. The molecule has 0 radical (unpaired) electrons. The van der Waals surface area contributed by atoms with Crippen LogP contribution in [0.15, 0.2) is 34.3 Å². The average molecular weight is 400 g/mol. The molecule has 0 aliphatic heterocycles. The van der Waals surface area contributed by atoms with E-state index in [2.05, 4.69) is 67.9 Å². The third-order valence-electron chi connectivity index (χ3n) is 4.79. The highest BCUT2D eigenvalue weighted by molar-refractivity contribution is 7.98. The summed E-state index contributed by atoms with van der Waals surface area (Å²) < 4.78 is 3.71. The van der Waals surface area contributed by atoms with Crippen LogP contribution in [0.2, 0.25) is 0 Å². The van der Waals surface area contributed by atoms with Crippen LogP contribution < -0.4 is 10.5 Å². The van der Waals surface area contributed by atoms with E-state index in [4.69, 9.17) is 0 Å². The third kappa shape index (κ3) is 3.43. The van der Waals surface area contributed by atoms with Crippen LogP contribution in [0, 0.1) is 0 Å². The van der Waals surface area contributed by atoms with E-state index in [1.54, 1.807) is 10.9 Å². The van der Waals surface area contributed by atoms with E-state index in [0.29, 0.717) is 16.2 Å². The van der Waals surface area contributed by atoms with Crippen molar-refractivity contribution in [1.29, 1.82) is 0 Å². The van der Waals surface area contributed by atoms with E-state index < -0.39 is 0 Å². The number of nitrogens with zero attached hydrogens (tertiary/aromatic N) is 5. The van der Waals surface area contributed by atoms with Gasteiger partial charge in [0.2, 0.25) is 0 Å². The number of benzene rings is 1. The lowest BCUT2D eigenvalue weighted by Gasteiger charge is -2.28. The van der Waals surface area contributed by atoms with Gasteiger partial charge in [0.25, 0.3) is 5.56 Å². The molecule has 2 heterocycles. The zero-order chi connectivity index (χ0) is 20.8. The van der Waals surface area contributed by atoms with E-state index in [-0.39, 0.29) is 17.0 Å². The number of aromatic nitrogens is 4. The van der Waals surface area contributed by atoms with E-state index in [9.17, 15) is 4.79 Å². The van der Waals surface area contributed by atoms with Gasteiger partial charge in [0.05, 0.1) is 5.69 Å². The molecule has 0 bridgehead atoms. The maximum absolute atomic E-state index is 13.1. The molecule has 150 valence electrons. The van der Waals surface area contributed by atoms with Crippen LogP contribution in [-0.4, -0.2) is 39.7 Å². The van der Waals surface area contributed by atoms with Gasteiger partial charge in [-0.2, -0.15) is 0 Å². The van der Waals surface area contributed by atoms with E-state index in [1.807, 2.05) is 24.8 Å². The fraction of sp³-hybridized carbons (Fsp3) is 0.476. The smallest absolute Gasteiger partial charge is 0.278 e. The minimum absolute atomic E-state index is 0.00829. The van der Waals surface area contributed by atoms with Crippen molar-refractivity contribution >= 4 is 28.5 Å². The van der Waals surface area contributed by atoms with Crippen LogP contribution >= 0.6 is 11.8 Å². The first-order valence-electron chi connectivity index (χ1n) is 9.42. The lowest BCUT2D eigenvalue weighted by Crippen LogP contribution is -2.25. The standard InChI is InChI=1S/C21H29N5OS/c1-13(2)25-19(27)15-12-22-20(28-8)23-18(15)26(25)14-9-10-17(24(6)7)16(11-14)21(3,4)5/h9-13H,1-8H3. The van der Waals surface area contributed by atoms with Crippen LogP contribution in [0.25, 0.3) is 16.7 Å². The van der Waals surface area contributed by atoms with Gasteiger partial charge >= 0.3 is 0 Å². The maximum atomic E-state index is 13.1. The first-order chi connectivity index (χ1) is 13.1. The molecule has 0 amide bonds. The third-order valence-corrected chi connectivity index (χ3v) is 5.35. The summed E-state index contributed by atoms with van der Waals surface area (Å²) in [6.45, 7) is 10.6. The predicted octanol–water partition coefficient (Wildman–Crippen LogP) is 4.25. The van der Waals surface area contributed by atoms with E-state index >= 15 is 0 Å². The molecular formula is C21H29N5OS. The minimum Gasteiger partial charge on any atom is -0.377 e. The number of fused-ring (bicyclic) bond motifs is 1. The van der Waals surface area contributed by atoms with Crippen LogP contribution in [0.4, 0.5) is 5.69 Å². The number of rotatable bonds is 4. The predicted molar refractivity (Wildman–Crippen MR) is 118 cm³/mol. The second-order valence-electron chi connectivity index (χ2n) is 8.50. The second-order valence-corrected chi connectivity index (χ2v) is 9.27. The highest BCUT2D eigenvalue weighted by Gasteiger charge is 2.23. The van der Waals surface area contributed by atoms with Crippen molar-refractivity contribution in [1.82, 2.24) is 19.3 Å². The molecule has 7 heteroatoms. The Balaban J connectivity index is 2.40. The largest absolute Gasteiger partial charge is 0.377 e. The first-order valence-corrected chi connectivity index (χ1v) is 10.6. The quantitative estimate of drug-likeness (QED) is 0.485. The first kappa shape index (κ1) is 20.5. The molecule has 3 rings (SSSR count). The SMILES string of the molecule is CSc1ncc2c(=O)n(C(C)C)n(-c3ccc(N(C)C)c(C(C)(C)C)c3)c2n1. The van der Waals surface area contributed by atoms with Gasteiger partial charge in [-0.05, 0) is 49.3 Å². The molecule has 1 aromatic carbocycles.